The first-order valence-corrected chi connectivity index (χ1v) is 6.92. The van der Waals surface area contributed by atoms with Crippen LogP contribution in [0.3, 0.4) is 0 Å². The summed E-state index contributed by atoms with van der Waals surface area (Å²) in [4.78, 5) is 12.2. The largest absolute Gasteiger partial charge is 0.376 e. The van der Waals surface area contributed by atoms with Crippen LogP contribution in [-0.2, 0) is 9.47 Å². The molecule has 2 atom stereocenters. The minimum atomic E-state index is -0.411. The Labute approximate surface area is 114 Å². The van der Waals surface area contributed by atoms with Crippen LogP contribution < -0.4 is 0 Å². The van der Waals surface area contributed by atoms with Crippen molar-refractivity contribution in [2.24, 2.45) is 0 Å². The van der Waals surface area contributed by atoms with E-state index in [0.29, 0.717) is 6.61 Å². The van der Waals surface area contributed by atoms with Crippen LogP contribution in [0, 0.1) is 13.8 Å². The maximum atomic E-state index is 12.2. The van der Waals surface area contributed by atoms with Crippen molar-refractivity contribution < 1.29 is 14.3 Å². The van der Waals surface area contributed by atoms with E-state index >= 15 is 0 Å². The van der Waals surface area contributed by atoms with Gasteiger partial charge in [-0.1, -0.05) is 12.1 Å². The van der Waals surface area contributed by atoms with Gasteiger partial charge in [-0.05, 0) is 50.8 Å². The Kier molecular flexibility index (Phi) is 4.72. The highest BCUT2D eigenvalue weighted by Crippen LogP contribution is 2.15. The Hall–Kier alpha value is -1.19. The highest BCUT2D eigenvalue weighted by molar-refractivity contribution is 5.99. The molecule has 0 N–H and O–H groups in total. The van der Waals surface area contributed by atoms with Gasteiger partial charge in [0.05, 0.1) is 12.7 Å². The molecule has 3 heteroatoms. The highest BCUT2D eigenvalue weighted by atomic mass is 16.5. The molecule has 2 unspecified atom stereocenters. The molecule has 0 amide bonds. The molecule has 19 heavy (non-hydrogen) atoms. The first kappa shape index (κ1) is 14.2. The molecule has 0 spiro atoms. The Balaban J connectivity index is 1.92. The third-order valence-electron chi connectivity index (χ3n) is 3.72. The smallest absolute Gasteiger partial charge is 0.191 e. The van der Waals surface area contributed by atoms with Gasteiger partial charge in [-0.2, -0.15) is 0 Å². The number of ketones is 1. The van der Waals surface area contributed by atoms with Gasteiger partial charge in [-0.3, -0.25) is 4.79 Å². The van der Waals surface area contributed by atoms with Crippen LogP contribution in [0.5, 0.6) is 0 Å². The zero-order chi connectivity index (χ0) is 13.8. The number of rotatable bonds is 5. The van der Waals surface area contributed by atoms with Crippen LogP contribution in [0.2, 0.25) is 0 Å². The van der Waals surface area contributed by atoms with Crippen LogP contribution >= 0.6 is 0 Å². The van der Waals surface area contributed by atoms with Crippen molar-refractivity contribution in [1.82, 2.24) is 0 Å². The van der Waals surface area contributed by atoms with E-state index in [9.17, 15) is 4.79 Å². The summed E-state index contributed by atoms with van der Waals surface area (Å²) < 4.78 is 11.1. The van der Waals surface area contributed by atoms with Gasteiger partial charge >= 0.3 is 0 Å². The van der Waals surface area contributed by atoms with Gasteiger partial charge in [0.2, 0.25) is 0 Å². The number of hydrogen-bond donors (Lipinski definition) is 0. The standard InChI is InChI=1S/C16H22O3/c1-11-6-7-14(9-12(11)2)16(17)13(3)19-10-15-5-4-8-18-15/h6-7,9,13,15H,4-5,8,10H2,1-3H3. The predicted octanol–water partition coefficient (Wildman–Crippen LogP) is 3.07. The zero-order valence-electron chi connectivity index (χ0n) is 11.9. The van der Waals surface area contributed by atoms with Gasteiger partial charge in [0.1, 0.15) is 6.10 Å². The predicted molar refractivity (Wildman–Crippen MR) is 74.6 cm³/mol. The molecule has 1 saturated heterocycles. The maximum Gasteiger partial charge on any atom is 0.191 e. The fraction of sp³-hybridized carbons (Fsp3) is 0.562. The molecule has 104 valence electrons. The first-order valence-electron chi connectivity index (χ1n) is 6.92. The molecule has 0 bridgehead atoms. The lowest BCUT2D eigenvalue weighted by molar-refractivity contribution is -0.00759. The summed E-state index contributed by atoms with van der Waals surface area (Å²) in [6.45, 7) is 7.20. The van der Waals surface area contributed by atoms with Gasteiger partial charge < -0.3 is 9.47 Å². The molecule has 1 aromatic carbocycles. The van der Waals surface area contributed by atoms with Crippen molar-refractivity contribution >= 4 is 5.78 Å². The van der Waals surface area contributed by atoms with Gasteiger partial charge in [0.15, 0.2) is 5.78 Å². The van der Waals surface area contributed by atoms with Gasteiger partial charge in [-0.15, -0.1) is 0 Å². The topological polar surface area (TPSA) is 35.5 Å². The molecular formula is C16H22O3. The van der Waals surface area contributed by atoms with Gasteiger partial charge in [-0.25, -0.2) is 0 Å². The molecule has 0 saturated carbocycles. The second-order valence-corrected chi connectivity index (χ2v) is 5.27. The molecule has 0 radical (unpaired) electrons. The summed E-state index contributed by atoms with van der Waals surface area (Å²) in [5.41, 5.74) is 3.06. The molecule has 0 aromatic heterocycles. The molecule has 1 aromatic rings. The minimum absolute atomic E-state index is 0.0427. The minimum Gasteiger partial charge on any atom is -0.376 e. The fourth-order valence-corrected chi connectivity index (χ4v) is 2.23. The summed E-state index contributed by atoms with van der Waals surface area (Å²) in [6, 6.07) is 5.79. The number of benzene rings is 1. The Bertz CT molecular complexity index is 447. The Morgan fingerprint density at radius 2 is 2.21 bits per heavy atom. The zero-order valence-corrected chi connectivity index (χ0v) is 11.9. The van der Waals surface area contributed by atoms with Gasteiger partial charge in [0.25, 0.3) is 0 Å². The van der Waals surface area contributed by atoms with Crippen molar-refractivity contribution in [3.8, 4) is 0 Å². The molecule has 3 nitrogen and oxygen atoms in total. The monoisotopic (exact) mass is 262 g/mol. The molecule has 0 aliphatic carbocycles. The summed E-state index contributed by atoms with van der Waals surface area (Å²) in [6.07, 6.45) is 1.87. The SMILES string of the molecule is Cc1ccc(C(=O)C(C)OCC2CCCO2)cc1C. The maximum absolute atomic E-state index is 12.2. The van der Waals surface area contributed by atoms with E-state index in [2.05, 4.69) is 0 Å². The molecule has 1 aliphatic heterocycles. The molecule has 1 heterocycles. The fourth-order valence-electron chi connectivity index (χ4n) is 2.23. The number of ether oxygens (including phenoxy) is 2. The summed E-state index contributed by atoms with van der Waals surface area (Å²) in [5.74, 6) is 0.0427. The lowest BCUT2D eigenvalue weighted by Crippen LogP contribution is -2.26. The summed E-state index contributed by atoms with van der Waals surface area (Å²) in [5, 5.41) is 0. The number of carbonyl (C=O) groups is 1. The Morgan fingerprint density at radius 1 is 1.42 bits per heavy atom. The number of Topliss-reactive ketones (excluding diaryl/α,β-unsaturated/α-hetero) is 1. The van der Waals surface area contributed by atoms with E-state index in [1.165, 1.54) is 5.56 Å². The van der Waals surface area contributed by atoms with Crippen molar-refractivity contribution in [3.63, 3.8) is 0 Å². The second-order valence-electron chi connectivity index (χ2n) is 5.27. The van der Waals surface area contributed by atoms with Crippen LogP contribution in [0.4, 0.5) is 0 Å². The average Bonchev–Trinajstić information content (AvgIpc) is 2.91. The third-order valence-corrected chi connectivity index (χ3v) is 3.72. The normalized spacial score (nSPS) is 20.5. The van der Waals surface area contributed by atoms with E-state index in [0.717, 1.165) is 30.6 Å². The van der Waals surface area contributed by atoms with Crippen LogP contribution in [-0.4, -0.2) is 31.2 Å². The first-order chi connectivity index (χ1) is 9.08. The van der Waals surface area contributed by atoms with Crippen molar-refractivity contribution in [2.75, 3.05) is 13.2 Å². The number of carbonyl (C=O) groups excluding carboxylic acids is 1. The van der Waals surface area contributed by atoms with E-state index in [-0.39, 0.29) is 11.9 Å². The van der Waals surface area contributed by atoms with Crippen LogP contribution in [0.15, 0.2) is 18.2 Å². The second kappa shape index (κ2) is 6.31. The summed E-state index contributed by atoms with van der Waals surface area (Å²) in [7, 11) is 0. The van der Waals surface area contributed by atoms with E-state index in [1.807, 2.05) is 39.0 Å². The van der Waals surface area contributed by atoms with Crippen molar-refractivity contribution in [2.45, 2.75) is 45.8 Å². The van der Waals surface area contributed by atoms with E-state index in [1.54, 1.807) is 0 Å². The van der Waals surface area contributed by atoms with Crippen LogP contribution in [0.25, 0.3) is 0 Å². The molecule has 1 fully saturated rings. The molecule has 1 aliphatic rings. The Morgan fingerprint density at radius 3 is 2.84 bits per heavy atom. The van der Waals surface area contributed by atoms with Crippen molar-refractivity contribution in [3.05, 3.63) is 34.9 Å². The lowest BCUT2D eigenvalue weighted by Gasteiger charge is -2.16. The van der Waals surface area contributed by atoms with E-state index in [4.69, 9.17) is 9.47 Å². The van der Waals surface area contributed by atoms with E-state index < -0.39 is 6.10 Å². The lowest BCUT2D eigenvalue weighted by atomic mass is 10.0. The average molecular weight is 262 g/mol. The number of aryl methyl sites for hydroxylation is 2. The molecule has 2 rings (SSSR count). The number of hydrogen-bond acceptors (Lipinski definition) is 3. The third kappa shape index (κ3) is 3.64. The molecular weight excluding hydrogens is 240 g/mol. The summed E-state index contributed by atoms with van der Waals surface area (Å²) >= 11 is 0. The highest BCUT2D eigenvalue weighted by Gasteiger charge is 2.20. The van der Waals surface area contributed by atoms with Gasteiger partial charge in [0, 0.05) is 12.2 Å². The van der Waals surface area contributed by atoms with Crippen LogP contribution in [0.1, 0.15) is 41.3 Å². The quantitative estimate of drug-likeness (QED) is 0.765. The van der Waals surface area contributed by atoms with Crippen molar-refractivity contribution in [1.29, 1.82) is 0 Å².